The minimum atomic E-state index is -0.326. The maximum atomic E-state index is 11.1. The van der Waals surface area contributed by atoms with Crippen LogP contribution >= 0.6 is 0 Å². The molecule has 0 radical (unpaired) electrons. The Hall–Kier alpha value is -1.77. The van der Waals surface area contributed by atoms with Crippen LogP contribution < -0.4 is 10.4 Å². The van der Waals surface area contributed by atoms with Crippen LogP contribution in [0.1, 0.15) is 19.3 Å². The maximum absolute atomic E-state index is 11.1. The molecular weight excluding hydrogens is 204 g/mol. The van der Waals surface area contributed by atoms with Gasteiger partial charge < -0.3 is 9.15 Å². The molecule has 0 saturated heterocycles. The van der Waals surface area contributed by atoms with Crippen LogP contribution in [0.3, 0.4) is 0 Å². The smallest absolute Gasteiger partial charge is 0.336 e. The van der Waals surface area contributed by atoms with Gasteiger partial charge in [0.1, 0.15) is 11.3 Å². The Morgan fingerprint density at radius 3 is 2.75 bits per heavy atom. The van der Waals surface area contributed by atoms with Crippen LogP contribution in [0.25, 0.3) is 11.0 Å². The standard InChI is InChI=1S/C13H12O3/c14-13-7-5-9-4-6-11(8-12(9)16-13)15-10-2-1-3-10/h4-8,10H,1-3H2. The SMILES string of the molecule is O=c1ccc2ccc(OC3CCC3)cc2o1. The second-order valence-corrected chi connectivity index (χ2v) is 4.12. The van der Waals surface area contributed by atoms with E-state index < -0.39 is 0 Å². The van der Waals surface area contributed by atoms with E-state index in [2.05, 4.69) is 0 Å². The predicted molar refractivity (Wildman–Crippen MR) is 60.8 cm³/mol. The van der Waals surface area contributed by atoms with E-state index in [-0.39, 0.29) is 5.63 Å². The molecular formula is C13H12O3. The van der Waals surface area contributed by atoms with Crippen molar-refractivity contribution < 1.29 is 9.15 Å². The summed E-state index contributed by atoms with van der Waals surface area (Å²) in [6.45, 7) is 0. The molecule has 0 atom stereocenters. The van der Waals surface area contributed by atoms with E-state index in [9.17, 15) is 4.79 Å². The van der Waals surface area contributed by atoms with Crippen LogP contribution in [0.2, 0.25) is 0 Å². The third kappa shape index (κ3) is 1.69. The minimum Gasteiger partial charge on any atom is -0.490 e. The average molecular weight is 216 g/mol. The number of benzene rings is 1. The lowest BCUT2D eigenvalue weighted by Gasteiger charge is -2.26. The minimum absolute atomic E-state index is 0.326. The number of rotatable bonds is 2. The molecule has 1 aromatic heterocycles. The summed E-state index contributed by atoms with van der Waals surface area (Å²) >= 11 is 0. The summed E-state index contributed by atoms with van der Waals surface area (Å²) in [4.78, 5) is 11.1. The van der Waals surface area contributed by atoms with E-state index in [1.165, 1.54) is 12.5 Å². The van der Waals surface area contributed by atoms with Crippen molar-refractivity contribution in [2.45, 2.75) is 25.4 Å². The fraction of sp³-hybridized carbons (Fsp3) is 0.308. The average Bonchev–Trinajstić information content (AvgIpc) is 2.23. The Morgan fingerprint density at radius 2 is 2.00 bits per heavy atom. The Balaban J connectivity index is 1.97. The molecule has 1 aliphatic carbocycles. The molecule has 3 rings (SSSR count). The molecule has 2 aromatic rings. The number of hydrogen-bond acceptors (Lipinski definition) is 3. The van der Waals surface area contributed by atoms with Crippen molar-refractivity contribution in [2.75, 3.05) is 0 Å². The summed E-state index contributed by atoms with van der Waals surface area (Å²) in [7, 11) is 0. The predicted octanol–water partition coefficient (Wildman–Crippen LogP) is 2.72. The van der Waals surface area contributed by atoms with E-state index in [4.69, 9.17) is 9.15 Å². The highest BCUT2D eigenvalue weighted by Gasteiger charge is 2.19. The lowest BCUT2D eigenvalue weighted by atomic mass is 9.96. The lowest BCUT2D eigenvalue weighted by molar-refractivity contribution is 0.120. The van der Waals surface area contributed by atoms with Gasteiger partial charge in [0.15, 0.2) is 0 Å². The normalized spacial score (nSPS) is 16.0. The van der Waals surface area contributed by atoms with E-state index >= 15 is 0 Å². The molecule has 16 heavy (non-hydrogen) atoms. The molecule has 3 nitrogen and oxygen atoms in total. The molecule has 82 valence electrons. The van der Waals surface area contributed by atoms with Gasteiger partial charge in [-0.25, -0.2) is 4.79 Å². The van der Waals surface area contributed by atoms with Crippen molar-refractivity contribution in [3.8, 4) is 5.75 Å². The Bertz CT molecular complexity index is 567. The number of hydrogen-bond donors (Lipinski definition) is 0. The zero-order valence-electron chi connectivity index (χ0n) is 8.81. The second-order valence-electron chi connectivity index (χ2n) is 4.12. The van der Waals surface area contributed by atoms with Gasteiger partial charge >= 0.3 is 5.63 Å². The van der Waals surface area contributed by atoms with Crippen molar-refractivity contribution in [3.63, 3.8) is 0 Å². The molecule has 0 unspecified atom stereocenters. The van der Waals surface area contributed by atoms with Gasteiger partial charge in [0.05, 0.1) is 6.10 Å². The first kappa shape index (κ1) is 9.46. The van der Waals surface area contributed by atoms with Gasteiger partial charge in [0.25, 0.3) is 0 Å². The van der Waals surface area contributed by atoms with Gasteiger partial charge in [0.2, 0.25) is 0 Å². The molecule has 0 bridgehead atoms. The molecule has 1 fully saturated rings. The Labute approximate surface area is 92.6 Å². The third-order valence-corrected chi connectivity index (χ3v) is 2.95. The first-order chi connectivity index (χ1) is 7.81. The third-order valence-electron chi connectivity index (χ3n) is 2.95. The highest BCUT2D eigenvalue weighted by Crippen LogP contribution is 2.27. The zero-order valence-corrected chi connectivity index (χ0v) is 8.81. The number of fused-ring (bicyclic) bond motifs is 1. The highest BCUT2D eigenvalue weighted by molar-refractivity contribution is 5.77. The summed E-state index contributed by atoms with van der Waals surface area (Å²) < 4.78 is 10.8. The quantitative estimate of drug-likeness (QED) is 0.724. The van der Waals surface area contributed by atoms with Crippen LogP contribution in [0.4, 0.5) is 0 Å². The molecule has 3 heteroatoms. The maximum Gasteiger partial charge on any atom is 0.336 e. The summed E-state index contributed by atoms with van der Waals surface area (Å²) in [6, 6.07) is 8.80. The van der Waals surface area contributed by atoms with E-state index in [0.29, 0.717) is 11.7 Å². The van der Waals surface area contributed by atoms with Gasteiger partial charge in [-0.05, 0) is 37.5 Å². The molecule has 0 N–H and O–H groups in total. The van der Waals surface area contributed by atoms with Crippen molar-refractivity contribution >= 4 is 11.0 Å². The first-order valence-electron chi connectivity index (χ1n) is 5.52. The molecule has 1 aliphatic rings. The van der Waals surface area contributed by atoms with E-state index in [1.54, 1.807) is 12.1 Å². The van der Waals surface area contributed by atoms with Crippen molar-refractivity contribution in [3.05, 3.63) is 40.8 Å². The molecule has 1 aromatic carbocycles. The van der Waals surface area contributed by atoms with Crippen LogP contribution in [-0.2, 0) is 0 Å². The van der Waals surface area contributed by atoms with Crippen LogP contribution in [0.15, 0.2) is 39.5 Å². The van der Waals surface area contributed by atoms with Gasteiger partial charge in [-0.1, -0.05) is 0 Å². The lowest BCUT2D eigenvalue weighted by Crippen LogP contribution is -2.24. The number of ether oxygens (including phenoxy) is 1. The first-order valence-corrected chi connectivity index (χ1v) is 5.52. The fourth-order valence-electron chi connectivity index (χ4n) is 1.80. The Morgan fingerprint density at radius 1 is 1.19 bits per heavy atom. The monoisotopic (exact) mass is 216 g/mol. The molecule has 0 aliphatic heterocycles. The topological polar surface area (TPSA) is 39.4 Å². The second kappa shape index (κ2) is 3.67. The van der Waals surface area contributed by atoms with E-state index in [1.807, 2.05) is 12.1 Å². The Kier molecular flexibility index (Phi) is 2.17. The molecule has 0 spiro atoms. The molecule has 1 heterocycles. The van der Waals surface area contributed by atoms with Crippen molar-refractivity contribution in [1.82, 2.24) is 0 Å². The summed E-state index contributed by atoms with van der Waals surface area (Å²) in [5.41, 5.74) is 0.262. The molecule has 0 amide bonds. The zero-order chi connectivity index (χ0) is 11.0. The van der Waals surface area contributed by atoms with Gasteiger partial charge in [0, 0.05) is 17.5 Å². The van der Waals surface area contributed by atoms with Gasteiger partial charge in [-0.3, -0.25) is 0 Å². The van der Waals surface area contributed by atoms with E-state index in [0.717, 1.165) is 24.0 Å². The van der Waals surface area contributed by atoms with Crippen LogP contribution in [-0.4, -0.2) is 6.10 Å². The summed E-state index contributed by atoms with van der Waals surface area (Å²) in [6.07, 6.45) is 3.83. The van der Waals surface area contributed by atoms with Crippen LogP contribution in [0, 0.1) is 0 Å². The van der Waals surface area contributed by atoms with Crippen LogP contribution in [0.5, 0.6) is 5.75 Å². The summed E-state index contributed by atoms with van der Waals surface area (Å²) in [5.74, 6) is 0.784. The largest absolute Gasteiger partial charge is 0.490 e. The summed E-state index contributed by atoms with van der Waals surface area (Å²) in [5, 5.41) is 0.917. The highest BCUT2D eigenvalue weighted by atomic mass is 16.5. The molecule has 1 saturated carbocycles. The fourth-order valence-corrected chi connectivity index (χ4v) is 1.80. The van der Waals surface area contributed by atoms with Crippen molar-refractivity contribution in [1.29, 1.82) is 0 Å². The van der Waals surface area contributed by atoms with Gasteiger partial charge in [-0.2, -0.15) is 0 Å². The van der Waals surface area contributed by atoms with Gasteiger partial charge in [-0.15, -0.1) is 0 Å². The van der Waals surface area contributed by atoms with Crippen molar-refractivity contribution in [2.24, 2.45) is 0 Å².